The van der Waals surface area contributed by atoms with Crippen LogP contribution in [0.4, 0.5) is 4.79 Å². The number of carbonyl (C=O) groups excluding carboxylic acids is 1. The van der Waals surface area contributed by atoms with Gasteiger partial charge in [0.1, 0.15) is 6.61 Å². The minimum atomic E-state index is -0.223. The zero-order valence-electron chi connectivity index (χ0n) is 8.32. The van der Waals surface area contributed by atoms with E-state index < -0.39 is 0 Å². The van der Waals surface area contributed by atoms with Crippen molar-refractivity contribution < 1.29 is 9.53 Å². The molecule has 1 fully saturated rings. The molecule has 0 saturated carbocycles. The third kappa shape index (κ3) is 2.59. The lowest BCUT2D eigenvalue weighted by atomic mass is 10.00. The Kier molecular flexibility index (Phi) is 3.54. The molecule has 0 radical (unpaired) electrons. The van der Waals surface area contributed by atoms with E-state index in [1.165, 1.54) is 0 Å². The summed E-state index contributed by atoms with van der Waals surface area (Å²) in [6, 6.07) is 0.0654. The van der Waals surface area contributed by atoms with Gasteiger partial charge in [0.2, 0.25) is 0 Å². The summed E-state index contributed by atoms with van der Waals surface area (Å²) in [5.41, 5.74) is 5.92. The fourth-order valence-electron chi connectivity index (χ4n) is 1.33. The van der Waals surface area contributed by atoms with Crippen molar-refractivity contribution in [2.45, 2.75) is 26.3 Å². The second-order valence-corrected chi connectivity index (χ2v) is 3.61. The molecule has 0 aromatic carbocycles. The monoisotopic (exact) mass is 186 g/mol. The predicted molar refractivity (Wildman–Crippen MR) is 50.4 cm³/mol. The maximum absolute atomic E-state index is 11.1. The van der Waals surface area contributed by atoms with Gasteiger partial charge in [-0.15, -0.1) is 0 Å². The largest absolute Gasteiger partial charge is 0.448 e. The van der Waals surface area contributed by atoms with Gasteiger partial charge >= 0.3 is 6.09 Å². The SMILES string of the molecule is CCC(C)C(N)CN1CCOC1=O. The first-order valence-corrected chi connectivity index (χ1v) is 4.82. The number of nitrogens with two attached hydrogens (primary N) is 1. The van der Waals surface area contributed by atoms with E-state index in [0.29, 0.717) is 25.6 Å². The van der Waals surface area contributed by atoms with Crippen molar-refractivity contribution in [2.75, 3.05) is 19.7 Å². The predicted octanol–water partition coefficient (Wildman–Crippen LogP) is 0.812. The van der Waals surface area contributed by atoms with Gasteiger partial charge in [0.05, 0.1) is 6.54 Å². The maximum Gasteiger partial charge on any atom is 0.409 e. The summed E-state index contributed by atoms with van der Waals surface area (Å²) in [5, 5.41) is 0. The Hall–Kier alpha value is -0.770. The number of rotatable bonds is 4. The molecule has 0 bridgehead atoms. The third-order valence-corrected chi connectivity index (χ3v) is 2.65. The molecule has 0 aromatic heterocycles. The van der Waals surface area contributed by atoms with Crippen LogP contribution in [0.1, 0.15) is 20.3 Å². The van der Waals surface area contributed by atoms with E-state index in [4.69, 9.17) is 10.5 Å². The lowest BCUT2D eigenvalue weighted by Crippen LogP contribution is -2.41. The first kappa shape index (κ1) is 10.3. The van der Waals surface area contributed by atoms with Crippen LogP contribution in [0.15, 0.2) is 0 Å². The van der Waals surface area contributed by atoms with Gasteiger partial charge in [0.25, 0.3) is 0 Å². The van der Waals surface area contributed by atoms with Crippen molar-refractivity contribution >= 4 is 6.09 Å². The summed E-state index contributed by atoms with van der Waals surface area (Å²) in [6.45, 7) is 6.02. The Balaban J connectivity index is 2.34. The van der Waals surface area contributed by atoms with Gasteiger partial charge in [-0.2, -0.15) is 0 Å². The lowest BCUT2D eigenvalue weighted by molar-refractivity contribution is 0.155. The van der Waals surface area contributed by atoms with Crippen molar-refractivity contribution in [2.24, 2.45) is 11.7 Å². The second-order valence-electron chi connectivity index (χ2n) is 3.61. The van der Waals surface area contributed by atoms with Gasteiger partial charge in [-0.05, 0) is 5.92 Å². The maximum atomic E-state index is 11.1. The normalized spacial score (nSPS) is 21.5. The zero-order valence-corrected chi connectivity index (χ0v) is 8.32. The first-order chi connectivity index (χ1) is 6.15. The Morgan fingerprint density at radius 3 is 2.85 bits per heavy atom. The highest BCUT2D eigenvalue weighted by Gasteiger charge is 2.25. The molecule has 2 unspecified atom stereocenters. The van der Waals surface area contributed by atoms with Gasteiger partial charge in [0, 0.05) is 12.6 Å². The van der Waals surface area contributed by atoms with Crippen LogP contribution in [0.5, 0.6) is 0 Å². The molecule has 1 aliphatic rings. The summed E-state index contributed by atoms with van der Waals surface area (Å²) >= 11 is 0. The highest BCUT2D eigenvalue weighted by atomic mass is 16.6. The summed E-state index contributed by atoms with van der Waals surface area (Å²) in [7, 11) is 0. The van der Waals surface area contributed by atoms with E-state index in [9.17, 15) is 4.79 Å². The molecule has 1 aliphatic heterocycles. The summed E-state index contributed by atoms with van der Waals surface area (Å²) < 4.78 is 4.81. The van der Waals surface area contributed by atoms with Gasteiger partial charge in [-0.1, -0.05) is 20.3 Å². The highest BCUT2D eigenvalue weighted by molar-refractivity contribution is 5.69. The number of hydrogen-bond donors (Lipinski definition) is 1. The van der Waals surface area contributed by atoms with Crippen LogP contribution in [0.3, 0.4) is 0 Å². The van der Waals surface area contributed by atoms with Crippen LogP contribution < -0.4 is 5.73 Å². The molecule has 0 aliphatic carbocycles. The van der Waals surface area contributed by atoms with Crippen LogP contribution in [0.2, 0.25) is 0 Å². The minimum Gasteiger partial charge on any atom is -0.448 e. The number of ether oxygens (including phenoxy) is 1. The number of hydrogen-bond acceptors (Lipinski definition) is 3. The Labute approximate surface area is 79.0 Å². The first-order valence-electron chi connectivity index (χ1n) is 4.82. The number of nitrogens with zero attached hydrogens (tertiary/aromatic N) is 1. The average molecular weight is 186 g/mol. The molecule has 1 saturated heterocycles. The molecule has 4 nitrogen and oxygen atoms in total. The fourth-order valence-corrected chi connectivity index (χ4v) is 1.33. The van der Waals surface area contributed by atoms with E-state index >= 15 is 0 Å². The Bertz CT molecular complexity index is 184. The number of amides is 1. The van der Waals surface area contributed by atoms with E-state index in [0.717, 1.165) is 6.42 Å². The Morgan fingerprint density at radius 2 is 2.38 bits per heavy atom. The van der Waals surface area contributed by atoms with Crippen LogP contribution in [0.25, 0.3) is 0 Å². The summed E-state index contributed by atoms with van der Waals surface area (Å²) in [4.78, 5) is 12.7. The van der Waals surface area contributed by atoms with Crippen molar-refractivity contribution in [3.05, 3.63) is 0 Å². The van der Waals surface area contributed by atoms with Gasteiger partial charge in [-0.3, -0.25) is 0 Å². The molecule has 1 rings (SSSR count). The molecule has 0 spiro atoms. The van der Waals surface area contributed by atoms with E-state index in [1.54, 1.807) is 4.90 Å². The van der Waals surface area contributed by atoms with Gasteiger partial charge < -0.3 is 15.4 Å². The quantitative estimate of drug-likeness (QED) is 0.707. The average Bonchev–Trinajstić information content (AvgIpc) is 2.50. The van der Waals surface area contributed by atoms with Crippen LogP contribution >= 0.6 is 0 Å². The Morgan fingerprint density at radius 1 is 1.69 bits per heavy atom. The summed E-state index contributed by atoms with van der Waals surface area (Å²) in [6.07, 6.45) is 0.822. The molecule has 76 valence electrons. The van der Waals surface area contributed by atoms with E-state index in [-0.39, 0.29) is 12.1 Å². The molecular formula is C9H18N2O2. The molecule has 2 atom stereocenters. The zero-order chi connectivity index (χ0) is 9.84. The van der Waals surface area contributed by atoms with Gasteiger partial charge in [0.15, 0.2) is 0 Å². The van der Waals surface area contributed by atoms with E-state index in [2.05, 4.69) is 13.8 Å². The van der Waals surface area contributed by atoms with Crippen molar-refractivity contribution in [3.8, 4) is 0 Å². The lowest BCUT2D eigenvalue weighted by Gasteiger charge is -2.22. The highest BCUT2D eigenvalue weighted by Crippen LogP contribution is 2.10. The standard InChI is InChI=1S/C9H18N2O2/c1-3-7(2)8(10)6-11-4-5-13-9(11)12/h7-8H,3-6,10H2,1-2H3. The smallest absolute Gasteiger partial charge is 0.409 e. The van der Waals surface area contributed by atoms with Crippen LogP contribution in [0, 0.1) is 5.92 Å². The van der Waals surface area contributed by atoms with Crippen LogP contribution in [-0.4, -0.2) is 36.7 Å². The van der Waals surface area contributed by atoms with Crippen molar-refractivity contribution in [3.63, 3.8) is 0 Å². The molecule has 0 aromatic rings. The molecule has 1 amide bonds. The molecule has 4 heteroatoms. The van der Waals surface area contributed by atoms with Gasteiger partial charge in [-0.25, -0.2) is 4.79 Å². The van der Waals surface area contributed by atoms with Crippen molar-refractivity contribution in [1.29, 1.82) is 0 Å². The number of cyclic esters (lactones) is 1. The van der Waals surface area contributed by atoms with Crippen LogP contribution in [-0.2, 0) is 4.74 Å². The minimum absolute atomic E-state index is 0.0654. The third-order valence-electron chi connectivity index (χ3n) is 2.65. The molecule has 1 heterocycles. The number of carbonyl (C=O) groups is 1. The molecule has 2 N–H and O–H groups in total. The second kappa shape index (κ2) is 4.46. The molecular weight excluding hydrogens is 168 g/mol. The molecule has 13 heavy (non-hydrogen) atoms. The fraction of sp³-hybridized carbons (Fsp3) is 0.889. The van der Waals surface area contributed by atoms with Crippen molar-refractivity contribution in [1.82, 2.24) is 4.90 Å². The van der Waals surface area contributed by atoms with E-state index in [1.807, 2.05) is 0 Å². The summed E-state index contributed by atoms with van der Waals surface area (Å²) in [5.74, 6) is 0.452. The topological polar surface area (TPSA) is 55.6 Å².